The van der Waals surface area contributed by atoms with Gasteiger partial charge in [-0.1, -0.05) is 0 Å². The van der Waals surface area contributed by atoms with E-state index in [1.807, 2.05) is 0 Å². The highest BCUT2D eigenvalue weighted by Crippen LogP contribution is 2.32. The first-order valence-electron chi connectivity index (χ1n) is 11.8. The van der Waals surface area contributed by atoms with E-state index in [2.05, 4.69) is 35.9 Å². The summed E-state index contributed by atoms with van der Waals surface area (Å²) in [6, 6.07) is 2.64. The molecule has 2 heterocycles. The maximum absolute atomic E-state index is 14.8. The lowest BCUT2D eigenvalue weighted by Gasteiger charge is -2.26. The van der Waals surface area contributed by atoms with Crippen molar-refractivity contribution in [1.29, 1.82) is 0 Å². The molecule has 1 aliphatic rings. The number of rotatable bonds is 9. The first kappa shape index (κ1) is 29.0. The van der Waals surface area contributed by atoms with Crippen LogP contribution in [0.4, 0.5) is 27.6 Å². The lowest BCUT2D eigenvalue weighted by molar-refractivity contribution is -0.274. The minimum atomic E-state index is -5.14. The maximum atomic E-state index is 14.8. The second-order valence-corrected chi connectivity index (χ2v) is 8.94. The number of nitrogens with one attached hydrogen (secondary N) is 4. The molecule has 17 heteroatoms. The summed E-state index contributed by atoms with van der Waals surface area (Å²) < 4.78 is 70.2. The predicted octanol–water partition coefficient (Wildman–Crippen LogP) is 2.15. The highest BCUT2D eigenvalue weighted by Gasteiger charge is 2.36. The number of aliphatic carboxylic acids is 1. The van der Waals surface area contributed by atoms with E-state index in [0.29, 0.717) is 34.8 Å². The molecule has 218 valence electrons. The molecule has 7 N–H and O–H groups in total. The molecule has 2 unspecified atom stereocenters. The molecule has 3 aromatic rings. The Morgan fingerprint density at radius 2 is 1.98 bits per heavy atom. The van der Waals surface area contributed by atoms with E-state index in [9.17, 15) is 41.4 Å². The molecular weight excluding hydrogens is 561 g/mol. The molecular formula is C24H22F5N7O5. The van der Waals surface area contributed by atoms with Crippen molar-refractivity contribution in [2.75, 3.05) is 18.4 Å². The average molecular weight is 583 g/mol. The number of H-pyrrole nitrogens is 1. The van der Waals surface area contributed by atoms with Gasteiger partial charge in [-0.15, -0.1) is 13.2 Å². The number of fused-ring (bicyclic) bond motifs is 1. The fraction of sp³-hybridized carbons (Fsp3) is 0.292. The van der Waals surface area contributed by atoms with Gasteiger partial charge in [0.2, 0.25) is 5.91 Å². The Bertz CT molecular complexity index is 1510. The molecule has 0 bridgehead atoms. The van der Waals surface area contributed by atoms with E-state index in [1.54, 1.807) is 0 Å². The molecule has 4 rings (SSSR count). The van der Waals surface area contributed by atoms with Gasteiger partial charge in [0, 0.05) is 16.9 Å². The normalized spacial score (nSPS) is 16.7. The molecule has 0 aliphatic carbocycles. The van der Waals surface area contributed by atoms with Crippen molar-refractivity contribution in [2.45, 2.75) is 30.9 Å². The number of nitrogens with zero attached hydrogens (tertiary/aromatic N) is 2. The SMILES string of the molecule is NC(=O)C(NC(=O)c1cc(NC2=NCC(F)CN2)c2cn[nH]c2c1)[C@@H](CC(=O)O)c1cc(OC(F)(F)F)ccc1F. The molecule has 3 atom stereocenters. The predicted molar refractivity (Wildman–Crippen MR) is 133 cm³/mol. The zero-order valence-electron chi connectivity index (χ0n) is 20.8. The number of guanidine groups is 1. The number of aromatic nitrogens is 2. The van der Waals surface area contributed by atoms with Crippen LogP contribution >= 0.6 is 0 Å². The molecule has 2 amide bonds. The number of benzene rings is 2. The summed E-state index contributed by atoms with van der Waals surface area (Å²) in [5.74, 6) is -7.35. The summed E-state index contributed by atoms with van der Waals surface area (Å²) in [5, 5.41) is 24.4. The van der Waals surface area contributed by atoms with Gasteiger partial charge in [-0.2, -0.15) is 5.10 Å². The lowest BCUT2D eigenvalue weighted by atomic mass is 9.87. The zero-order chi connectivity index (χ0) is 29.9. The first-order valence-corrected chi connectivity index (χ1v) is 11.8. The smallest absolute Gasteiger partial charge is 0.481 e. The monoisotopic (exact) mass is 583 g/mol. The van der Waals surface area contributed by atoms with Crippen LogP contribution in [0.2, 0.25) is 0 Å². The van der Waals surface area contributed by atoms with Gasteiger partial charge >= 0.3 is 12.3 Å². The third-order valence-electron chi connectivity index (χ3n) is 6.00. The second-order valence-electron chi connectivity index (χ2n) is 8.94. The van der Waals surface area contributed by atoms with Gasteiger partial charge in [0.15, 0.2) is 5.96 Å². The third-order valence-corrected chi connectivity index (χ3v) is 6.00. The largest absolute Gasteiger partial charge is 0.573 e. The van der Waals surface area contributed by atoms with Gasteiger partial charge in [-0.25, -0.2) is 13.8 Å². The number of hydrogen-bond acceptors (Lipinski definition) is 8. The Labute approximate surface area is 227 Å². The number of carbonyl (C=O) groups excluding carboxylic acids is 2. The molecule has 0 radical (unpaired) electrons. The molecule has 1 aliphatic heterocycles. The van der Waals surface area contributed by atoms with Crippen molar-refractivity contribution in [3.8, 4) is 5.75 Å². The number of carbonyl (C=O) groups is 3. The number of primary amides is 1. The molecule has 12 nitrogen and oxygen atoms in total. The molecule has 0 spiro atoms. The topological polar surface area (TPSA) is 184 Å². The minimum absolute atomic E-state index is 0.00241. The Hall–Kier alpha value is -4.96. The fourth-order valence-corrected chi connectivity index (χ4v) is 4.21. The fourth-order valence-electron chi connectivity index (χ4n) is 4.21. The van der Waals surface area contributed by atoms with Gasteiger partial charge in [-0.05, 0) is 35.9 Å². The van der Waals surface area contributed by atoms with Gasteiger partial charge < -0.3 is 31.5 Å². The van der Waals surface area contributed by atoms with Crippen molar-refractivity contribution in [2.24, 2.45) is 10.7 Å². The molecule has 0 fully saturated rings. The van der Waals surface area contributed by atoms with Crippen LogP contribution in [0.5, 0.6) is 5.75 Å². The van der Waals surface area contributed by atoms with Crippen LogP contribution in [0.3, 0.4) is 0 Å². The third kappa shape index (κ3) is 7.17. The van der Waals surface area contributed by atoms with Gasteiger partial charge in [0.05, 0.1) is 36.9 Å². The number of ether oxygens (including phenoxy) is 1. The number of anilines is 1. The molecule has 0 saturated heterocycles. The number of carboxylic acid groups (broad SMARTS) is 1. The number of halogens is 5. The van der Waals surface area contributed by atoms with Crippen molar-refractivity contribution in [3.05, 3.63) is 53.5 Å². The Morgan fingerprint density at radius 3 is 2.61 bits per heavy atom. The van der Waals surface area contributed by atoms with E-state index in [-0.39, 0.29) is 24.6 Å². The van der Waals surface area contributed by atoms with Crippen molar-refractivity contribution < 1.29 is 46.2 Å². The van der Waals surface area contributed by atoms with Crippen molar-refractivity contribution in [3.63, 3.8) is 0 Å². The van der Waals surface area contributed by atoms with Crippen LogP contribution < -0.4 is 26.4 Å². The van der Waals surface area contributed by atoms with Crippen LogP contribution in [0.1, 0.15) is 28.3 Å². The highest BCUT2D eigenvalue weighted by molar-refractivity contribution is 6.07. The van der Waals surface area contributed by atoms with Crippen LogP contribution in [-0.2, 0) is 9.59 Å². The van der Waals surface area contributed by atoms with Crippen LogP contribution in [0.15, 0.2) is 41.5 Å². The number of nitrogens with two attached hydrogens (primary N) is 1. The maximum Gasteiger partial charge on any atom is 0.573 e. The summed E-state index contributed by atoms with van der Waals surface area (Å²) in [6.45, 7) is -0.0986. The van der Waals surface area contributed by atoms with E-state index in [1.165, 1.54) is 18.3 Å². The Balaban J connectivity index is 1.67. The average Bonchev–Trinajstić information content (AvgIpc) is 3.36. The molecule has 0 saturated carbocycles. The van der Waals surface area contributed by atoms with Crippen LogP contribution in [0.25, 0.3) is 10.9 Å². The highest BCUT2D eigenvalue weighted by atomic mass is 19.4. The summed E-state index contributed by atoms with van der Waals surface area (Å²) >= 11 is 0. The minimum Gasteiger partial charge on any atom is -0.481 e. The van der Waals surface area contributed by atoms with E-state index in [4.69, 9.17) is 5.73 Å². The van der Waals surface area contributed by atoms with Gasteiger partial charge in [-0.3, -0.25) is 19.5 Å². The van der Waals surface area contributed by atoms with Crippen molar-refractivity contribution in [1.82, 2.24) is 20.8 Å². The zero-order valence-corrected chi connectivity index (χ0v) is 20.8. The molecule has 2 aromatic carbocycles. The van der Waals surface area contributed by atoms with Gasteiger partial charge in [0.1, 0.15) is 23.8 Å². The standard InChI is InChI=1S/C24H22F5N7O5/c25-11-7-31-23(32-8-11)34-17-3-10(4-18-15(17)9-33-36-18)22(40)35-20(21(30)39)14(6-19(37)38)13-5-12(1-2-16(13)26)41-24(27,28)29/h1-5,9,11,14,20H,6-8H2,(H2,30,39)(H,33,36)(H,35,40)(H,37,38)(H2,31,32,34)/t14-,20?/m0/s1. The van der Waals surface area contributed by atoms with E-state index >= 15 is 0 Å². The summed E-state index contributed by atoms with van der Waals surface area (Å²) in [4.78, 5) is 41.3. The van der Waals surface area contributed by atoms with Crippen molar-refractivity contribution >= 4 is 40.3 Å². The van der Waals surface area contributed by atoms with Crippen LogP contribution in [-0.4, -0.2) is 70.7 Å². The Morgan fingerprint density at radius 1 is 1.22 bits per heavy atom. The number of aliphatic imine (C=N–C) groups is 1. The Kier molecular flexibility index (Phi) is 8.25. The molecule has 1 aromatic heterocycles. The van der Waals surface area contributed by atoms with Gasteiger partial charge in [0.25, 0.3) is 5.91 Å². The lowest BCUT2D eigenvalue weighted by Crippen LogP contribution is -2.49. The van der Waals surface area contributed by atoms with E-state index < -0.39 is 65.8 Å². The quantitative estimate of drug-likeness (QED) is 0.207. The first-order chi connectivity index (χ1) is 19.3. The number of carboxylic acids is 1. The number of alkyl halides is 4. The number of amides is 2. The second kappa shape index (κ2) is 11.6. The summed E-state index contributed by atoms with van der Waals surface area (Å²) in [5.41, 5.74) is 5.33. The summed E-state index contributed by atoms with van der Waals surface area (Å²) in [6.07, 6.45) is -5.87. The summed E-state index contributed by atoms with van der Waals surface area (Å²) in [7, 11) is 0. The number of aromatic amines is 1. The number of hydrogen-bond donors (Lipinski definition) is 6. The van der Waals surface area contributed by atoms with E-state index in [0.717, 1.165) is 0 Å². The molecule has 41 heavy (non-hydrogen) atoms. The van der Waals surface area contributed by atoms with Crippen LogP contribution in [0, 0.1) is 5.82 Å².